The van der Waals surface area contributed by atoms with E-state index in [-0.39, 0.29) is 11.1 Å². The van der Waals surface area contributed by atoms with Gasteiger partial charge in [-0.2, -0.15) is 5.26 Å². The van der Waals surface area contributed by atoms with Crippen LogP contribution in [0.2, 0.25) is 0 Å². The number of nitrogens with two attached hydrogens (primary N) is 1. The lowest BCUT2D eigenvalue weighted by molar-refractivity contribution is 0.0998. The SMILES string of the molecule is N#Cc1ccc(N2CCN(Cc3cc(C(N)=O)c(=O)n4ccccc34)CC2)cc1. The number of rotatable bonds is 4. The predicted molar refractivity (Wildman–Crippen MR) is 111 cm³/mol. The lowest BCUT2D eigenvalue weighted by Crippen LogP contribution is -2.46. The van der Waals surface area contributed by atoms with Gasteiger partial charge in [-0.05, 0) is 48.0 Å². The molecule has 4 rings (SSSR count). The number of piperazine rings is 1. The Kier molecular flexibility index (Phi) is 5.02. The Morgan fingerprint density at radius 1 is 1.07 bits per heavy atom. The van der Waals surface area contributed by atoms with E-state index in [0.29, 0.717) is 12.1 Å². The highest BCUT2D eigenvalue weighted by atomic mass is 16.2. The number of fused-ring (bicyclic) bond motifs is 1. The van der Waals surface area contributed by atoms with Crippen molar-refractivity contribution < 1.29 is 4.79 Å². The molecule has 29 heavy (non-hydrogen) atoms. The van der Waals surface area contributed by atoms with Crippen molar-refractivity contribution in [1.82, 2.24) is 9.30 Å². The normalized spacial score (nSPS) is 14.7. The molecule has 0 radical (unpaired) electrons. The zero-order valence-electron chi connectivity index (χ0n) is 15.9. The lowest BCUT2D eigenvalue weighted by atomic mass is 10.1. The zero-order chi connectivity index (χ0) is 20.4. The molecule has 1 aliphatic heterocycles. The fraction of sp³-hybridized carbons (Fsp3) is 0.227. The van der Waals surface area contributed by atoms with Crippen LogP contribution in [0.25, 0.3) is 5.52 Å². The molecule has 0 saturated carbocycles. The first-order valence-electron chi connectivity index (χ1n) is 9.47. The van der Waals surface area contributed by atoms with Crippen molar-refractivity contribution in [2.75, 3.05) is 31.1 Å². The third kappa shape index (κ3) is 3.71. The van der Waals surface area contributed by atoms with Crippen molar-refractivity contribution in [3.8, 4) is 6.07 Å². The van der Waals surface area contributed by atoms with Crippen LogP contribution in [0.15, 0.2) is 59.5 Å². The second-order valence-corrected chi connectivity index (χ2v) is 7.13. The number of hydrogen-bond acceptors (Lipinski definition) is 5. The van der Waals surface area contributed by atoms with Gasteiger partial charge in [-0.3, -0.25) is 18.9 Å². The fourth-order valence-electron chi connectivity index (χ4n) is 3.78. The summed E-state index contributed by atoms with van der Waals surface area (Å²) < 4.78 is 1.49. The van der Waals surface area contributed by atoms with Crippen molar-refractivity contribution in [1.29, 1.82) is 5.26 Å². The molecule has 7 nitrogen and oxygen atoms in total. The maximum absolute atomic E-state index is 12.5. The van der Waals surface area contributed by atoms with Crippen molar-refractivity contribution >= 4 is 17.1 Å². The number of pyridine rings is 2. The summed E-state index contributed by atoms with van der Waals surface area (Å²) >= 11 is 0. The molecule has 0 spiro atoms. The third-order valence-corrected chi connectivity index (χ3v) is 5.35. The highest BCUT2D eigenvalue weighted by molar-refractivity contribution is 5.93. The number of benzene rings is 1. The number of hydrogen-bond donors (Lipinski definition) is 1. The summed E-state index contributed by atoms with van der Waals surface area (Å²) in [5.74, 6) is -0.708. The number of amides is 1. The summed E-state index contributed by atoms with van der Waals surface area (Å²) in [5.41, 5.74) is 8.51. The molecular formula is C22H21N5O2. The van der Waals surface area contributed by atoms with E-state index in [1.165, 1.54) is 4.40 Å². The number of anilines is 1. The molecular weight excluding hydrogens is 366 g/mol. The smallest absolute Gasteiger partial charge is 0.267 e. The molecule has 1 fully saturated rings. The maximum atomic E-state index is 12.5. The molecule has 3 heterocycles. The van der Waals surface area contributed by atoms with E-state index in [1.54, 1.807) is 18.3 Å². The van der Waals surface area contributed by atoms with Crippen LogP contribution < -0.4 is 16.2 Å². The van der Waals surface area contributed by atoms with Gasteiger partial charge in [0.25, 0.3) is 11.5 Å². The second-order valence-electron chi connectivity index (χ2n) is 7.13. The van der Waals surface area contributed by atoms with Gasteiger partial charge < -0.3 is 10.6 Å². The van der Waals surface area contributed by atoms with E-state index in [4.69, 9.17) is 11.0 Å². The van der Waals surface area contributed by atoms with Crippen LogP contribution in [0.3, 0.4) is 0 Å². The topological polar surface area (TPSA) is 94.8 Å². The number of nitriles is 1. The van der Waals surface area contributed by atoms with Gasteiger partial charge in [0, 0.05) is 44.6 Å². The summed E-state index contributed by atoms with van der Waals surface area (Å²) in [5, 5.41) is 8.94. The average Bonchev–Trinajstić information content (AvgIpc) is 2.76. The first kappa shape index (κ1) is 18.7. The van der Waals surface area contributed by atoms with E-state index in [2.05, 4.69) is 15.9 Å². The molecule has 1 saturated heterocycles. The molecule has 0 bridgehead atoms. The summed E-state index contributed by atoms with van der Waals surface area (Å²) in [6.07, 6.45) is 1.66. The highest BCUT2D eigenvalue weighted by Crippen LogP contribution is 2.19. The van der Waals surface area contributed by atoms with E-state index < -0.39 is 5.91 Å². The molecule has 1 aliphatic rings. The third-order valence-electron chi connectivity index (χ3n) is 5.35. The van der Waals surface area contributed by atoms with Gasteiger partial charge in [0.15, 0.2) is 0 Å². The predicted octanol–water partition coefficient (Wildman–Crippen LogP) is 1.59. The molecule has 1 amide bonds. The van der Waals surface area contributed by atoms with Gasteiger partial charge in [-0.1, -0.05) is 6.07 Å². The Morgan fingerprint density at radius 2 is 1.79 bits per heavy atom. The Hall–Kier alpha value is -3.63. The van der Waals surface area contributed by atoms with Crippen LogP contribution in [0.5, 0.6) is 0 Å². The summed E-state index contributed by atoms with van der Waals surface area (Å²) in [7, 11) is 0. The molecule has 0 atom stereocenters. The largest absolute Gasteiger partial charge is 0.369 e. The molecule has 2 N–H and O–H groups in total. The number of aromatic nitrogens is 1. The van der Waals surface area contributed by atoms with Crippen molar-refractivity contribution in [2.24, 2.45) is 5.73 Å². The van der Waals surface area contributed by atoms with Gasteiger partial charge in [-0.25, -0.2) is 0 Å². The first-order valence-corrected chi connectivity index (χ1v) is 9.47. The Balaban J connectivity index is 1.53. The van der Waals surface area contributed by atoms with E-state index in [1.807, 2.05) is 36.4 Å². The van der Waals surface area contributed by atoms with E-state index in [9.17, 15) is 9.59 Å². The first-order chi connectivity index (χ1) is 14.1. The monoisotopic (exact) mass is 387 g/mol. The minimum Gasteiger partial charge on any atom is -0.369 e. The van der Waals surface area contributed by atoms with E-state index >= 15 is 0 Å². The summed E-state index contributed by atoms with van der Waals surface area (Å²) in [4.78, 5) is 28.8. The molecule has 2 aromatic heterocycles. The summed E-state index contributed by atoms with van der Waals surface area (Å²) in [6, 6.07) is 16.9. The van der Waals surface area contributed by atoms with Gasteiger partial charge in [0.05, 0.1) is 17.1 Å². The number of carbonyl (C=O) groups is 1. The van der Waals surface area contributed by atoms with Crippen LogP contribution >= 0.6 is 0 Å². The average molecular weight is 387 g/mol. The van der Waals surface area contributed by atoms with Crippen LogP contribution in [0.4, 0.5) is 5.69 Å². The molecule has 146 valence electrons. The molecule has 0 unspecified atom stereocenters. The van der Waals surface area contributed by atoms with Crippen molar-refractivity contribution in [2.45, 2.75) is 6.54 Å². The second kappa shape index (κ2) is 7.78. The zero-order valence-corrected chi connectivity index (χ0v) is 15.9. The molecule has 1 aromatic carbocycles. The maximum Gasteiger partial charge on any atom is 0.267 e. The number of primary amides is 1. The van der Waals surface area contributed by atoms with Crippen LogP contribution in [0, 0.1) is 11.3 Å². The lowest BCUT2D eigenvalue weighted by Gasteiger charge is -2.36. The van der Waals surface area contributed by atoms with Crippen molar-refractivity contribution in [3.05, 3.63) is 81.8 Å². The van der Waals surface area contributed by atoms with Crippen molar-refractivity contribution in [3.63, 3.8) is 0 Å². The Labute approximate surface area is 168 Å². The standard InChI is InChI=1S/C22H21N5O2/c23-14-16-4-6-18(7-5-16)26-11-9-25(10-12-26)15-17-13-19(21(24)28)22(29)27-8-2-1-3-20(17)27/h1-8,13H,9-12,15H2,(H2,24,28). The Morgan fingerprint density at radius 3 is 2.45 bits per heavy atom. The highest BCUT2D eigenvalue weighted by Gasteiger charge is 2.20. The Bertz CT molecular complexity index is 1150. The minimum absolute atomic E-state index is 0.0138. The van der Waals surface area contributed by atoms with Crippen LogP contribution in [-0.2, 0) is 6.54 Å². The number of carbonyl (C=O) groups excluding carboxylic acids is 1. The number of nitrogens with zero attached hydrogens (tertiary/aromatic N) is 4. The molecule has 0 aliphatic carbocycles. The quantitative estimate of drug-likeness (QED) is 0.734. The van der Waals surface area contributed by atoms with Crippen LogP contribution in [0.1, 0.15) is 21.5 Å². The van der Waals surface area contributed by atoms with Gasteiger partial charge >= 0.3 is 0 Å². The summed E-state index contributed by atoms with van der Waals surface area (Å²) in [6.45, 7) is 4.06. The van der Waals surface area contributed by atoms with Gasteiger partial charge in [-0.15, -0.1) is 0 Å². The van der Waals surface area contributed by atoms with Gasteiger partial charge in [0.1, 0.15) is 5.56 Å². The van der Waals surface area contributed by atoms with Crippen LogP contribution in [-0.4, -0.2) is 41.4 Å². The van der Waals surface area contributed by atoms with Gasteiger partial charge in [0.2, 0.25) is 0 Å². The minimum atomic E-state index is -0.708. The molecule has 3 aromatic rings. The molecule has 7 heteroatoms. The van der Waals surface area contributed by atoms with E-state index in [0.717, 1.165) is 42.9 Å². The fourth-order valence-corrected chi connectivity index (χ4v) is 3.78.